The third-order valence-electron chi connectivity index (χ3n) is 8.02. The van der Waals surface area contributed by atoms with E-state index < -0.39 is 58.3 Å². The third kappa shape index (κ3) is 4.28. The van der Waals surface area contributed by atoms with Gasteiger partial charge < -0.3 is 21.1 Å². The fourth-order valence-electron chi connectivity index (χ4n) is 6.56. The maximum absolute atomic E-state index is 15.7. The zero-order valence-electron chi connectivity index (χ0n) is 21.6. The van der Waals surface area contributed by atoms with Crippen LogP contribution in [0, 0.1) is 22.9 Å². The molecular formula is C28H31ClF3N3O3. The number of aliphatic hydroxyl groups is 1. The molecule has 1 unspecified atom stereocenters. The van der Waals surface area contributed by atoms with Gasteiger partial charge in [-0.2, -0.15) is 0 Å². The number of carbonyl (C=O) groups excluding carboxylic acids is 2. The quantitative estimate of drug-likeness (QED) is 0.451. The molecule has 2 aliphatic heterocycles. The molecule has 6 nitrogen and oxygen atoms in total. The lowest BCUT2D eigenvalue weighted by molar-refractivity contribution is -0.127. The van der Waals surface area contributed by atoms with Crippen LogP contribution in [0.25, 0.3) is 0 Å². The van der Waals surface area contributed by atoms with E-state index in [0.717, 1.165) is 12.1 Å². The SMILES string of the molecule is CC(C)(C)C[C@@H]1N[C@@H](C(=O)NC2CC(C)(O)C2)[C@H](c2cccc(Cl)c2F)C12C(=O)Nc1cc(F)c(F)cc12. The molecule has 4 atom stereocenters. The van der Waals surface area contributed by atoms with Gasteiger partial charge >= 0.3 is 0 Å². The number of rotatable bonds is 4. The van der Waals surface area contributed by atoms with Crippen LogP contribution in [0.15, 0.2) is 30.3 Å². The topological polar surface area (TPSA) is 90.5 Å². The van der Waals surface area contributed by atoms with Gasteiger partial charge in [-0.3, -0.25) is 9.59 Å². The van der Waals surface area contributed by atoms with E-state index in [1.54, 1.807) is 6.92 Å². The highest BCUT2D eigenvalue weighted by Gasteiger charge is 2.66. The Morgan fingerprint density at radius 3 is 2.47 bits per heavy atom. The molecule has 0 bridgehead atoms. The second-order valence-corrected chi connectivity index (χ2v) is 12.7. The zero-order valence-corrected chi connectivity index (χ0v) is 22.3. The zero-order chi connectivity index (χ0) is 27.8. The number of hydrogen-bond donors (Lipinski definition) is 4. The summed E-state index contributed by atoms with van der Waals surface area (Å²) in [5, 5.41) is 18.8. The third-order valence-corrected chi connectivity index (χ3v) is 8.31. The molecule has 2 aromatic rings. The predicted molar refractivity (Wildman–Crippen MR) is 137 cm³/mol. The Morgan fingerprint density at radius 1 is 1.18 bits per heavy atom. The Hall–Kier alpha value is -2.62. The second-order valence-electron chi connectivity index (χ2n) is 12.3. The van der Waals surface area contributed by atoms with E-state index in [0.29, 0.717) is 19.3 Å². The minimum atomic E-state index is -1.64. The first-order chi connectivity index (χ1) is 17.6. The van der Waals surface area contributed by atoms with E-state index in [4.69, 9.17) is 11.6 Å². The summed E-state index contributed by atoms with van der Waals surface area (Å²) in [5.74, 6) is -5.26. The standard InChI is InChI=1S/C28H31ClF3N3O3/c1-26(2,3)12-20-28(15-8-17(30)18(31)9-19(15)34-25(28)37)21(14-6-5-7-16(29)22(14)32)23(35-20)24(36)33-13-10-27(4,38)11-13/h5-9,13,20-21,23,35,38H,10-12H2,1-4H3,(H,33,36)(H,34,37)/t13?,20-,21-,23+,27?,28?/m0/s1. The number of amides is 2. The molecule has 2 fully saturated rings. The molecule has 10 heteroatoms. The minimum absolute atomic E-state index is 0.0231. The monoisotopic (exact) mass is 549 g/mol. The molecule has 2 heterocycles. The molecule has 2 aromatic carbocycles. The van der Waals surface area contributed by atoms with Gasteiger partial charge in [0, 0.05) is 29.8 Å². The van der Waals surface area contributed by atoms with E-state index in [-0.39, 0.29) is 33.3 Å². The van der Waals surface area contributed by atoms with Gasteiger partial charge in [-0.05, 0) is 54.9 Å². The lowest BCUT2D eigenvalue weighted by Crippen LogP contribution is -2.57. The molecule has 4 N–H and O–H groups in total. The molecule has 5 rings (SSSR count). The normalized spacial score (nSPS) is 32.2. The van der Waals surface area contributed by atoms with Crippen molar-refractivity contribution in [1.29, 1.82) is 0 Å². The van der Waals surface area contributed by atoms with Crippen molar-refractivity contribution in [2.24, 2.45) is 5.41 Å². The summed E-state index contributed by atoms with van der Waals surface area (Å²) < 4.78 is 44.6. The molecule has 38 heavy (non-hydrogen) atoms. The van der Waals surface area contributed by atoms with Gasteiger partial charge in [-0.1, -0.05) is 44.5 Å². The molecule has 0 radical (unpaired) electrons. The summed E-state index contributed by atoms with van der Waals surface area (Å²) >= 11 is 6.15. The van der Waals surface area contributed by atoms with Gasteiger partial charge in [0.2, 0.25) is 11.8 Å². The number of carbonyl (C=O) groups is 2. The van der Waals surface area contributed by atoms with Crippen LogP contribution in [0.5, 0.6) is 0 Å². The molecule has 1 saturated carbocycles. The summed E-state index contributed by atoms with van der Waals surface area (Å²) in [6.45, 7) is 7.55. The number of benzene rings is 2. The highest BCUT2D eigenvalue weighted by Crippen LogP contribution is 2.57. The van der Waals surface area contributed by atoms with E-state index in [1.165, 1.54) is 18.2 Å². The van der Waals surface area contributed by atoms with Crippen molar-refractivity contribution < 1.29 is 27.9 Å². The van der Waals surface area contributed by atoms with E-state index >= 15 is 4.39 Å². The van der Waals surface area contributed by atoms with Crippen LogP contribution in [0.4, 0.5) is 18.9 Å². The van der Waals surface area contributed by atoms with Crippen LogP contribution in [-0.2, 0) is 15.0 Å². The van der Waals surface area contributed by atoms with Crippen LogP contribution >= 0.6 is 11.6 Å². The van der Waals surface area contributed by atoms with Crippen molar-refractivity contribution in [2.45, 2.75) is 82.0 Å². The number of halogens is 4. The fraction of sp³-hybridized carbons (Fsp3) is 0.500. The van der Waals surface area contributed by atoms with Crippen LogP contribution in [0.2, 0.25) is 5.02 Å². The van der Waals surface area contributed by atoms with Gasteiger partial charge in [0.25, 0.3) is 0 Å². The molecule has 204 valence electrons. The number of fused-ring (bicyclic) bond motifs is 2. The first-order valence-corrected chi connectivity index (χ1v) is 13.1. The summed E-state index contributed by atoms with van der Waals surface area (Å²) in [7, 11) is 0. The molecule has 2 amide bonds. The summed E-state index contributed by atoms with van der Waals surface area (Å²) in [6.07, 6.45) is 1.07. The predicted octanol–water partition coefficient (Wildman–Crippen LogP) is 4.54. The first kappa shape index (κ1) is 27.0. The van der Waals surface area contributed by atoms with Crippen LogP contribution < -0.4 is 16.0 Å². The second kappa shape index (κ2) is 8.96. The Balaban J connectivity index is 1.71. The van der Waals surface area contributed by atoms with E-state index in [1.807, 2.05) is 20.8 Å². The lowest BCUT2D eigenvalue weighted by atomic mass is 9.62. The summed E-state index contributed by atoms with van der Waals surface area (Å²) in [5.41, 5.74) is -2.62. The summed E-state index contributed by atoms with van der Waals surface area (Å²) in [6, 6.07) is 4.11. The van der Waals surface area contributed by atoms with Crippen LogP contribution in [0.3, 0.4) is 0 Å². The maximum Gasteiger partial charge on any atom is 0.238 e. The molecule has 3 aliphatic rings. The maximum atomic E-state index is 15.7. The molecule has 0 aromatic heterocycles. The van der Waals surface area contributed by atoms with Crippen molar-refractivity contribution in [2.75, 3.05) is 5.32 Å². The molecule has 1 saturated heterocycles. The van der Waals surface area contributed by atoms with Crippen molar-refractivity contribution >= 4 is 29.1 Å². The smallest absolute Gasteiger partial charge is 0.238 e. The van der Waals surface area contributed by atoms with Gasteiger partial charge in [0.1, 0.15) is 11.2 Å². The van der Waals surface area contributed by atoms with Crippen molar-refractivity contribution in [1.82, 2.24) is 10.6 Å². The molecule has 1 aliphatic carbocycles. The van der Waals surface area contributed by atoms with Crippen molar-refractivity contribution in [3.8, 4) is 0 Å². The average molecular weight is 550 g/mol. The minimum Gasteiger partial charge on any atom is -0.390 e. The average Bonchev–Trinajstić information content (AvgIpc) is 3.24. The highest BCUT2D eigenvalue weighted by atomic mass is 35.5. The largest absolute Gasteiger partial charge is 0.390 e. The Morgan fingerprint density at radius 2 is 1.84 bits per heavy atom. The van der Waals surface area contributed by atoms with Gasteiger partial charge in [-0.25, -0.2) is 13.2 Å². The van der Waals surface area contributed by atoms with Gasteiger partial charge in [0.05, 0.1) is 16.7 Å². The fourth-order valence-corrected chi connectivity index (χ4v) is 6.74. The Bertz CT molecular complexity index is 1320. The van der Waals surface area contributed by atoms with Crippen LogP contribution in [0.1, 0.15) is 64.0 Å². The first-order valence-electron chi connectivity index (χ1n) is 12.7. The van der Waals surface area contributed by atoms with E-state index in [2.05, 4.69) is 16.0 Å². The van der Waals surface area contributed by atoms with Crippen molar-refractivity contribution in [3.05, 3.63) is 63.9 Å². The lowest BCUT2D eigenvalue weighted by Gasteiger charge is -2.42. The van der Waals surface area contributed by atoms with Gasteiger partial charge in [-0.15, -0.1) is 0 Å². The Kier molecular flexibility index (Phi) is 6.36. The number of hydrogen-bond acceptors (Lipinski definition) is 4. The number of nitrogens with one attached hydrogen (secondary N) is 3. The Labute approximate surface area is 224 Å². The van der Waals surface area contributed by atoms with Gasteiger partial charge in [0.15, 0.2) is 11.6 Å². The van der Waals surface area contributed by atoms with Crippen LogP contribution in [-0.4, -0.2) is 40.6 Å². The summed E-state index contributed by atoms with van der Waals surface area (Å²) in [4.78, 5) is 27.7. The molecular weight excluding hydrogens is 519 g/mol. The molecule has 1 spiro atoms. The number of anilines is 1. The highest BCUT2D eigenvalue weighted by molar-refractivity contribution is 6.30. The van der Waals surface area contributed by atoms with E-state index in [9.17, 15) is 23.5 Å². The van der Waals surface area contributed by atoms with Crippen molar-refractivity contribution in [3.63, 3.8) is 0 Å².